The number of hydrogen-bond donors (Lipinski definition) is 2. The SMILES string of the molecule is C=C=CCn1c(-c2ccccc2)ncc(NCc2ccc3c(c2)-c2ccccc2C3(F)F)c1=O.CCCc1ccncc1/C=C(\C)CNC. The second kappa shape index (κ2) is 16.1. The summed E-state index contributed by atoms with van der Waals surface area (Å²) >= 11 is 0. The molecule has 49 heavy (non-hydrogen) atoms. The molecule has 0 radical (unpaired) electrons. The second-order valence-corrected chi connectivity index (χ2v) is 11.9. The van der Waals surface area contributed by atoms with Gasteiger partial charge in [0, 0.05) is 42.2 Å². The Morgan fingerprint density at radius 2 is 1.76 bits per heavy atom. The van der Waals surface area contributed by atoms with Crippen molar-refractivity contribution in [2.45, 2.75) is 45.7 Å². The number of nitrogens with one attached hydrogen (secondary N) is 2. The molecule has 3 aromatic carbocycles. The van der Waals surface area contributed by atoms with Gasteiger partial charge < -0.3 is 10.6 Å². The maximum atomic E-state index is 14.8. The molecule has 8 heteroatoms. The first kappa shape index (κ1) is 34.9. The monoisotopic (exact) mass is 657 g/mol. The minimum absolute atomic E-state index is 0.00454. The Bertz CT molecular complexity index is 2050. The van der Waals surface area contributed by atoms with Crippen LogP contribution in [0.5, 0.6) is 0 Å². The molecule has 250 valence electrons. The Labute approximate surface area is 286 Å². The number of pyridine rings is 1. The molecule has 0 saturated carbocycles. The predicted molar refractivity (Wildman–Crippen MR) is 196 cm³/mol. The highest BCUT2D eigenvalue weighted by molar-refractivity contribution is 5.79. The fraction of sp³-hybridized carbons (Fsp3) is 0.220. The van der Waals surface area contributed by atoms with Gasteiger partial charge in [-0.15, -0.1) is 5.73 Å². The summed E-state index contributed by atoms with van der Waals surface area (Å²) in [5, 5.41) is 6.28. The molecular weight excluding hydrogens is 616 g/mol. The van der Waals surface area contributed by atoms with Crippen LogP contribution in [0.25, 0.3) is 28.6 Å². The van der Waals surface area contributed by atoms with E-state index >= 15 is 0 Å². The summed E-state index contributed by atoms with van der Waals surface area (Å²) in [5.41, 5.74) is 9.46. The van der Waals surface area contributed by atoms with Crippen LogP contribution in [0.1, 0.15) is 48.1 Å². The number of halogens is 2. The summed E-state index contributed by atoms with van der Waals surface area (Å²) in [5.74, 6) is -2.47. The molecule has 1 aliphatic carbocycles. The number of allylic oxidation sites excluding steroid dienone is 1. The summed E-state index contributed by atoms with van der Waals surface area (Å²) in [6.07, 6.45) is 11.5. The van der Waals surface area contributed by atoms with Crippen molar-refractivity contribution in [2.75, 3.05) is 18.9 Å². The number of alkyl halides is 2. The van der Waals surface area contributed by atoms with Gasteiger partial charge in [0.1, 0.15) is 11.5 Å². The van der Waals surface area contributed by atoms with Gasteiger partial charge in [0.15, 0.2) is 0 Å². The molecule has 0 aliphatic heterocycles. The van der Waals surface area contributed by atoms with Crippen molar-refractivity contribution < 1.29 is 8.78 Å². The van der Waals surface area contributed by atoms with Gasteiger partial charge in [-0.2, -0.15) is 8.78 Å². The van der Waals surface area contributed by atoms with Crippen LogP contribution in [-0.4, -0.2) is 28.1 Å². The quantitative estimate of drug-likeness (QED) is 0.139. The van der Waals surface area contributed by atoms with Gasteiger partial charge in [-0.05, 0) is 66.4 Å². The molecule has 0 fully saturated rings. The van der Waals surface area contributed by atoms with E-state index < -0.39 is 5.92 Å². The lowest BCUT2D eigenvalue weighted by atomic mass is 10.0. The normalized spacial score (nSPS) is 12.6. The maximum absolute atomic E-state index is 14.8. The number of likely N-dealkylation sites (N-methyl/N-ethyl adjacent to an activating group) is 1. The van der Waals surface area contributed by atoms with Crippen molar-refractivity contribution in [3.05, 3.63) is 160 Å². The highest BCUT2D eigenvalue weighted by Crippen LogP contribution is 2.50. The Balaban J connectivity index is 0.000000263. The summed E-state index contributed by atoms with van der Waals surface area (Å²) in [7, 11) is 1.97. The van der Waals surface area contributed by atoms with Crippen LogP contribution in [0.4, 0.5) is 14.5 Å². The van der Waals surface area contributed by atoms with Gasteiger partial charge in [0.2, 0.25) is 0 Å². The molecule has 0 amide bonds. The summed E-state index contributed by atoms with van der Waals surface area (Å²) < 4.78 is 31.2. The molecule has 2 N–H and O–H groups in total. The molecule has 0 atom stereocenters. The van der Waals surface area contributed by atoms with E-state index in [-0.39, 0.29) is 23.2 Å². The first-order chi connectivity index (χ1) is 23.8. The number of aryl methyl sites for hydroxylation is 1. The third-order valence-electron chi connectivity index (χ3n) is 8.28. The summed E-state index contributed by atoms with van der Waals surface area (Å²) in [6.45, 7) is 9.42. The number of benzene rings is 3. The maximum Gasteiger partial charge on any atom is 0.299 e. The highest BCUT2D eigenvalue weighted by atomic mass is 19.3. The average molecular weight is 658 g/mol. The average Bonchev–Trinajstić information content (AvgIpc) is 3.34. The molecule has 0 saturated heterocycles. The van der Waals surface area contributed by atoms with Gasteiger partial charge in [0.05, 0.1) is 12.7 Å². The van der Waals surface area contributed by atoms with Gasteiger partial charge in [0.25, 0.3) is 11.5 Å². The number of anilines is 1. The first-order valence-electron chi connectivity index (χ1n) is 16.4. The zero-order chi connectivity index (χ0) is 34.8. The van der Waals surface area contributed by atoms with Crippen molar-refractivity contribution >= 4 is 11.8 Å². The smallest absolute Gasteiger partial charge is 0.299 e. The number of hydrogen-bond acceptors (Lipinski definition) is 5. The molecule has 5 aromatic rings. The van der Waals surface area contributed by atoms with Crippen LogP contribution >= 0.6 is 0 Å². The van der Waals surface area contributed by atoms with E-state index in [0.717, 1.165) is 24.1 Å². The van der Waals surface area contributed by atoms with E-state index in [0.29, 0.717) is 29.2 Å². The number of rotatable bonds is 11. The van der Waals surface area contributed by atoms with Crippen LogP contribution in [0.2, 0.25) is 0 Å². The standard InChI is InChI=1S/C28H21F2N3O.C13H20N2/c1-2-3-15-33-26(20-9-5-4-6-10-20)32-18-25(27(33)34)31-17-19-13-14-24-22(16-19)21-11-7-8-12-23(21)28(24,29)30;1-4-5-12-6-7-15-10-13(12)8-11(2)9-14-3/h3-14,16,18,31H,1,15,17H2;6-8,10,14H,4-5,9H2,1-3H3/b;11-8+. The van der Waals surface area contributed by atoms with E-state index in [2.05, 4.69) is 58.9 Å². The Morgan fingerprint density at radius 3 is 2.51 bits per heavy atom. The van der Waals surface area contributed by atoms with Crippen LogP contribution in [-0.2, 0) is 25.4 Å². The Kier molecular flexibility index (Phi) is 11.5. The van der Waals surface area contributed by atoms with Crippen LogP contribution in [0, 0.1) is 0 Å². The Morgan fingerprint density at radius 1 is 1.00 bits per heavy atom. The van der Waals surface area contributed by atoms with Gasteiger partial charge in [-0.3, -0.25) is 14.3 Å². The molecular formula is C41H41F2N5O. The van der Waals surface area contributed by atoms with Crippen LogP contribution < -0.4 is 16.2 Å². The molecule has 0 bridgehead atoms. The lowest BCUT2D eigenvalue weighted by Crippen LogP contribution is -2.25. The Hall–Kier alpha value is -5.43. The molecule has 6 nitrogen and oxygen atoms in total. The summed E-state index contributed by atoms with van der Waals surface area (Å²) in [4.78, 5) is 21.9. The van der Waals surface area contributed by atoms with Crippen molar-refractivity contribution in [1.29, 1.82) is 0 Å². The molecule has 6 rings (SSSR count). The fourth-order valence-electron chi connectivity index (χ4n) is 5.95. The van der Waals surface area contributed by atoms with E-state index in [1.165, 1.54) is 41.5 Å². The number of nitrogens with zero attached hydrogens (tertiary/aromatic N) is 3. The highest BCUT2D eigenvalue weighted by Gasteiger charge is 2.44. The number of aromatic nitrogens is 3. The van der Waals surface area contributed by atoms with Crippen molar-refractivity contribution in [3.8, 4) is 22.5 Å². The fourth-order valence-corrected chi connectivity index (χ4v) is 5.95. The first-order valence-corrected chi connectivity index (χ1v) is 16.4. The van der Waals surface area contributed by atoms with Gasteiger partial charge in [-0.25, -0.2) is 4.98 Å². The molecule has 0 spiro atoms. The minimum atomic E-state index is -3.01. The second-order valence-electron chi connectivity index (χ2n) is 11.9. The predicted octanol–water partition coefficient (Wildman–Crippen LogP) is 8.64. The topological polar surface area (TPSA) is 71.8 Å². The van der Waals surface area contributed by atoms with Crippen LogP contribution in [0.3, 0.4) is 0 Å². The van der Waals surface area contributed by atoms with Crippen LogP contribution in [0.15, 0.2) is 126 Å². The lowest BCUT2D eigenvalue weighted by molar-refractivity contribution is 0.0480. The van der Waals surface area contributed by atoms with E-state index in [4.69, 9.17) is 0 Å². The van der Waals surface area contributed by atoms with Gasteiger partial charge >= 0.3 is 0 Å². The third kappa shape index (κ3) is 8.00. The van der Waals surface area contributed by atoms with E-state index in [1.807, 2.05) is 49.8 Å². The third-order valence-corrected chi connectivity index (χ3v) is 8.28. The number of fused-ring (bicyclic) bond motifs is 3. The lowest BCUT2D eigenvalue weighted by Gasteiger charge is -2.14. The zero-order valence-electron chi connectivity index (χ0n) is 28.1. The minimum Gasteiger partial charge on any atom is -0.375 e. The molecule has 1 aliphatic rings. The molecule has 2 heterocycles. The molecule has 2 aromatic heterocycles. The van der Waals surface area contributed by atoms with Crippen molar-refractivity contribution in [3.63, 3.8) is 0 Å². The molecule has 0 unspecified atom stereocenters. The van der Waals surface area contributed by atoms with E-state index in [9.17, 15) is 13.6 Å². The van der Waals surface area contributed by atoms with Crippen molar-refractivity contribution in [2.24, 2.45) is 0 Å². The van der Waals surface area contributed by atoms with E-state index in [1.54, 1.807) is 41.0 Å². The summed E-state index contributed by atoms with van der Waals surface area (Å²) in [6, 6.07) is 23.0. The zero-order valence-corrected chi connectivity index (χ0v) is 28.1. The largest absolute Gasteiger partial charge is 0.375 e. The van der Waals surface area contributed by atoms with Gasteiger partial charge in [-0.1, -0.05) is 98.3 Å². The van der Waals surface area contributed by atoms with Crippen molar-refractivity contribution in [1.82, 2.24) is 19.9 Å².